The number of hydrogen-bond donors (Lipinski definition) is 1. The SMILES string of the molecule is Cc1cc(NC(=O)c2ccccc2Br)n(-c2ncnc3c2cnn3-c2ccc(C)c(C)c2)n1. The Labute approximate surface area is 198 Å². The Morgan fingerprint density at radius 3 is 2.58 bits per heavy atom. The molecule has 3 heterocycles. The maximum absolute atomic E-state index is 12.9. The number of fused-ring (bicyclic) bond motifs is 1. The summed E-state index contributed by atoms with van der Waals surface area (Å²) in [6.45, 7) is 6.00. The van der Waals surface area contributed by atoms with Gasteiger partial charge in [-0.2, -0.15) is 14.9 Å². The Bertz CT molecular complexity index is 1520. The van der Waals surface area contributed by atoms with E-state index >= 15 is 0 Å². The maximum Gasteiger partial charge on any atom is 0.257 e. The second-order valence-corrected chi connectivity index (χ2v) is 8.63. The van der Waals surface area contributed by atoms with Gasteiger partial charge in [0.2, 0.25) is 0 Å². The Morgan fingerprint density at radius 2 is 1.79 bits per heavy atom. The van der Waals surface area contributed by atoms with Crippen LogP contribution in [0, 0.1) is 20.8 Å². The van der Waals surface area contributed by atoms with Gasteiger partial charge in [0.15, 0.2) is 11.5 Å². The minimum absolute atomic E-state index is 0.250. The van der Waals surface area contributed by atoms with Crippen molar-refractivity contribution < 1.29 is 4.79 Å². The van der Waals surface area contributed by atoms with E-state index in [4.69, 9.17) is 0 Å². The summed E-state index contributed by atoms with van der Waals surface area (Å²) in [5.74, 6) is 0.789. The molecular weight excluding hydrogens is 482 g/mol. The van der Waals surface area contributed by atoms with E-state index in [1.54, 1.807) is 27.7 Å². The first-order valence-corrected chi connectivity index (χ1v) is 11.1. The monoisotopic (exact) mass is 501 g/mol. The van der Waals surface area contributed by atoms with Gasteiger partial charge < -0.3 is 5.32 Å². The van der Waals surface area contributed by atoms with Crippen molar-refractivity contribution in [2.45, 2.75) is 20.8 Å². The van der Waals surface area contributed by atoms with E-state index in [0.29, 0.717) is 27.3 Å². The third-order valence-corrected chi connectivity index (χ3v) is 6.16. The lowest BCUT2D eigenvalue weighted by atomic mass is 10.1. The van der Waals surface area contributed by atoms with Crippen molar-refractivity contribution in [2.24, 2.45) is 0 Å². The Balaban J connectivity index is 1.58. The molecule has 9 heteroatoms. The molecule has 5 rings (SSSR count). The van der Waals surface area contributed by atoms with Crippen LogP contribution >= 0.6 is 15.9 Å². The van der Waals surface area contributed by atoms with Crippen LogP contribution < -0.4 is 5.32 Å². The van der Waals surface area contributed by atoms with Gasteiger partial charge >= 0.3 is 0 Å². The number of anilines is 1. The molecule has 2 aromatic carbocycles. The molecule has 0 unspecified atom stereocenters. The number of carbonyl (C=O) groups is 1. The van der Waals surface area contributed by atoms with Crippen LogP contribution in [0.4, 0.5) is 5.82 Å². The fourth-order valence-corrected chi connectivity index (χ4v) is 4.09. The molecule has 0 aliphatic rings. The molecule has 8 nitrogen and oxygen atoms in total. The topological polar surface area (TPSA) is 90.5 Å². The van der Waals surface area contributed by atoms with Crippen LogP contribution in [0.3, 0.4) is 0 Å². The van der Waals surface area contributed by atoms with Crippen molar-refractivity contribution in [2.75, 3.05) is 5.32 Å². The van der Waals surface area contributed by atoms with Crippen LogP contribution in [0.2, 0.25) is 0 Å². The Hall–Kier alpha value is -3.85. The molecule has 3 aromatic heterocycles. The molecule has 0 fully saturated rings. The Kier molecular flexibility index (Phi) is 5.26. The van der Waals surface area contributed by atoms with Crippen molar-refractivity contribution in [3.8, 4) is 11.5 Å². The molecule has 5 aromatic rings. The van der Waals surface area contributed by atoms with Gasteiger partial charge in [-0.1, -0.05) is 18.2 Å². The molecule has 0 bridgehead atoms. The van der Waals surface area contributed by atoms with Gasteiger partial charge in [-0.3, -0.25) is 4.79 Å². The zero-order valence-electron chi connectivity index (χ0n) is 18.2. The third-order valence-electron chi connectivity index (χ3n) is 5.47. The highest BCUT2D eigenvalue weighted by Crippen LogP contribution is 2.26. The number of rotatable bonds is 4. The maximum atomic E-state index is 12.9. The van der Waals surface area contributed by atoms with E-state index < -0.39 is 0 Å². The van der Waals surface area contributed by atoms with Crippen LogP contribution in [0.15, 0.2) is 65.5 Å². The number of nitrogens with zero attached hydrogens (tertiary/aromatic N) is 6. The largest absolute Gasteiger partial charge is 0.306 e. The smallest absolute Gasteiger partial charge is 0.257 e. The molecule has 0 saturated heterocycles. The third kappa shape index (κ3) is 3.80. The predicted molar refractivity (Wildman–Crippen MR) is 130 cm³/mol. The first-order valence-electron chi connectivity index (χ1n) is 10.3. The highest BCUT2D eigenvalue weighted by atomic mass is 79.9. The number of amides is 1. The van der Waals surface area contributed by atoms with E-state index in [1.165, 1.54) is 17.5 Å². The van der Waals surface area contributed by atoms with Gasteiger partial charge in [-0.15, -0.1) is 0 Å². The van der Waals surface area contributed by atoms with E-state index in [-0.39, 0.29) is 5.91 Å². The summed E-state index contributed by atoms with van der Waals surface area (Å²) in [6.07, 6.45) is 3.20. The zero-order valence-corrected chi connectivity index (χ0v) is 19.8. The number of aryl methyl sites for hydroxylation is 3. The molecule has 1 amide bonds. The molecule has 33 heavy (non-hydrogen) atoms. The summed E-state index contributed by atoms with van der Waals surface area (Å²) < 4.78 is 4.10. The molecular formula is C24H20BrN7O. The summed E-state index contributed by atoms with van der Waals surface area (Å²) in [6, 6.07) is 15.2. The average molecular weight is 502 g/mol. The van der Waals surface area contributed by atoms with E-state index in [9.17, 15) is 4.79 Å². The lowest BCUT2D eigenvalue weighted by Gasteiger charge is -2.10. The predicted octanol–water partition coefficient (Wildman–Crippen LogP) is 4.94. The minimum Gasteiger partial charge on any atom is -0.306 e. The zero-order chi connectivity index (χ0) is 23.1. The lowest BCUT2D eigenvalue weighted by molar-refractivity contribution is 0.102. The van der Waals surface area contributed by atoms with Crippen molar-refractivity contribution in [1.82, 2.24) is 29.5 Å². The molecule has 0 aliphatic heterocycles. The highest BCUT2D eigenvalue weighted by Gasteiger charge is 2.19. The van der Waals surface area contributed by atoms with Crippen LogP contribution in [0.25, 0.3) is 22.5 Å². The first kappa shape index (κ1) is 21.0. The summed E-state index contributed by atoms with van der Waals surface area (Å²) in [7, 11) is 0. The standard InChI is InChI=1S/C24H20BrN7O/c1-14-8-9-17(10-15(14)2)31-22-19(12-28-31)23(27-13-26-22)32-21(11-16(3)30-32)29-24(33)18-6-4-5-7-20(18)25/h4-13H,1-3H3,(H,29,33). The number of halogens is 1. The summed E-state index contributed by atoms with van der Waals surface area (Å²) in [4.78, 5) is 21.8. The van der Waals surface area contributed by atoms with Crippen molar-refractivity contribution in [3.63, 3.8) is 0 Å². The number of hydrogen-bond acceptors (Lipinski definition) is 5. The number of nitrogens with one attached hydrogen (secondary N) is 1. The van der Waals surface area contributed by atoms with Crippen LogP contribution in [0.1, 0.15) is 27.2 Å². The minimum atomic E-state index is -0.250. The van der Waals surface area contributed by atoms with Gasteiger partial charge in [0.1, 0.15) is 12.1 Å². The summed E-state index contributed by atoms with van der Waals surface area (Å²) in [5.41, 5.74) is 5.22. The number of aromatic nitrogens is 6. The number of carbonyl (C=O) groups excluding carboxylic acids is 1. The van der Waals surface area contributed by atoms with Gasteiger partial charge in [-0.05, 0) is 72.1 Å². The molecule has 0 spiro atoms. The second kappa shape index (κ2) is 8.25. The molecule has 0 saturated carbocycles. The first-order chi connectivity index (χ1) is 15.9. The van der Waals surface area contributed by atoms with Gasteiger partial charge in [-0.25, -0.2) is 14.6 Å². The van der Waals surface area contributed by atoms with Crippen molar-refractivity contribution in [1.29, 1.82) is 0 Å². The lowest BCUT2D eigenvalue weighted by Crippen LogP contribution is -2.16. The summed E-state index contributed by atoms with van der Waals surface area (Å²) in [5, 5.41) is 12.8. The second-order valence-electron chi connectivity index (χ2n) is 7.78. The molecule has 0 aliphatic carbocycles. The Morgan fingerprint density at radius 1 is 0.970 bits per heavy atom. The molecule has 164 valence electrons. The van der Waals surface area contributed by atoms with Gasteiger partial charge in [0, 0.05) is 10.5 Å². The van der Waals surface area contributed by atoms with Crippen LogP contribution in [-0.2, 0) is 0 Å². The quantitative estimate of drug-likeness (QED) is 0.376. The molecule has 0 radical (unpaired) electrons. The van der Waals surface area contributed by atoms with E-state index in [2.05, 4.69) is 67.4 Å². The normalized spacial score (nSPS) is 11.2. The fourth-order valence-electron chi connectivity index (χ4n) is 3.63. The highest BCUT2D eigenvalue weighted by molar-refractivity contribution is 9.10. The molecule has 1 N–H and O–H groups in total. The fraction of sp³-hybridized carbons (Fsp3) is 0.125. The molecule has 0 atom stereocenters. The van der Waals surface area contributed by atoms with Crippen molar-refractivity contribution in [3.05, 3.63) is 87.9 Å². The average Bonchev–Trinajstić information content (AvgIpc) is 3.39. The van der Waals surface area contributed by atoms with Gasteiger partial charge in [0.05, 0.1) is 28.5 Å². The van der Waals surface area contributed by atoms with Crippen LogP contribution in [-0.4, -0.2) is 35.4 Å². The van der Waals surface area contributed by atoms with Crippen molar-refractivity contribution >= 4 is 38.7 Å². The van der Waals surface area contributed by atoms with Gasteiger partial charge in [0.25, 0.3) is 5.91 Å². The number of benzene rings is 2. The van der Waals surface area contributed by atoms with Crippen LogP contribution in [0.5, 0.6) is 0 Å². The van der Waals surface area contributed by atoms with E-state index in [0.717, 1.165) is 16.8 Å². The summed E-state index contributed by atoms with van der Waals surface area (Å²) >= 11 is 3.43. The van der Waals surface area contributed by atoms with E-state index in [1.807, 2.05) is 31.2 Å².